The molecule has 0 spiro atoms. The van der Waals surface area contributed by atoms with Gasteiger partial charge in [-0.25, -0.2) is 4.79 Å². The van der Waals surface area contributed by atoms with E-state index in [-0.39, 0.29) is 10.8 Å². The Bertz CT molecular complexity index is 771. The van der Waals surface area contributed by atoms with Gasteiger partial charge in [0, 0.05) is 21.7 Å². The molecule has 6 heteroatoms. The van der Waals surface area contributed by atoms with E-state index in [0.717, 1.165) is 0 Å². The lowest BCUT2D eigenvalue weighted by Crippen LogP contribution is -2.23. The van der Waals surface area contributed by atoms with Gasteiger partial charge in [-0.3, -0.25) is 4.79 Å². The summed E-state index contributed by atoms with van der Waals surface area (Å²) in [6, 6.07) is 9.53. The first-order chi connectivity index (χ1) is 10.8. The van der Waals surface area contributed by atoms with Crippen molar-refractivity contribution in [2.45, 2.75) is 20.0 Å². The van der Waals surface area contributed by atoms with Gasteiger partial charge in [-0.15, -0.1) is 0 Å². The summed E-state index contributed by atoms with van der Waals surface area (Å²) < 4.78 is 5.38. The highest BCUT2D eigenvalue weighted by Gasteiger charge is 2.19. The highest BCUT2D eigenvalue weighted by molar-refractivity contribution is 6.37. The Morgan fingerprint density at radius 2 is 1.83 bits per heavy atom. The van der Waals surface area contributed by atoms with E-state index < -0.39 is 12.1 Å². The second-order valence-corrected chi connectivity index (χ2v) is 5.82. The van der Waals surface area contributed by atoms with Gasteiger partial charge >= 0.3 is 5.97 Å². The van der Waals surface area contributed by atoms with Crippen LogP contribution in [-0.2, 0) is 4.79 Å². The van der Waals surface area contributed by atoms with Crippen LogP contribution in [0.5, 0.6) is 5.75 Å². The Morgan fingerprint density at radius 3 is 2.43 bits per heavy atom. The molecule has 0 fully saturated rings. The monoisotopic (exact) mass is 352 g/mol. The topological polar surface area (TPSA) is 63.6 Å². The Labute approximate surface area is 143 Å². The van der Waals surface area contributed by atoms with Gasteiger partial charge < -0.3 is 9.84 Å². The first-order valence-electron chi connectivity index (χ1n) is 6.80. The van der Waals surface area contributed by atoms with Crippen LogP contribution in [0.4, 0.5) is 0 Å². The number of halogens is 2. The standard InChI is InChI=1S/C17H14Cl2O4/c1-9-12(4-3-5-15(9)23-10(2)17(21)22)16(20)13-7-6-11(18)8-14(13)19/h3-8,10H,1-2H3,(H,21,22). The summed E-state index contributed by atoms with van der Waals surface area (Å²) in [4.78, 5) is 23.6. The first kappa shape index (κ1) is 17.3. The number of carbonyl (C=O) groups is 2. The van der Waals surface area contributed by atoms with Crippen LogP contribution in [0.25, 0.3) is 0 Å². The third-order valence-corrected chi connectivity index (χ3v) is 3.90. The van der Waals surface area contributed by atoms with E-state index in [0.29, 0.717) is 27.5 Å². The number of aliphatic carboxylic acids is 1. The molecule has 2 rings (SSSR count). The number of benzene rings is 2. The summed E-state index contributed by atoms with van der Waals surface area (Å²) in [6.45, 7) is 3.12. The number of rotatable bonds is 5. The molecule has 0 aliphatic rings. The molecule has 0 aliphatic carbocycles. The average Bonchev–Trinajstić information content (AvgIpc) is 2.48. The van der Waals surface area contributed by atoms with Crippen LogP contribution < -0.4 is 4.74 Å². The maximum Gasteiger partial charge on any atom is 0.344 e. The third-order valence-electron chi connectivity index (χ3n) is 3.36. The number of hydrogen-bond acceptors (Lipinski definition) is 3. The zero-order valence-electron chi connectivity index (χ0n) is 12.5. The molecule has 0 aromatic heterocycles. The summed E-state index contributed by atoms with van der Waals surface area (Å²) in [5.74, 6) is -1.02. The van der Waals surface area contributed by atoms with Crippen LogP contribution in [-0.4, -0.2) is 23.0 Å². The van der Waals surface area contributed by atoms with Crippen molar-refractivity contribution in [1.82, 2.24) is 0 Å². The SMILES string of the molecule is Cc1c(OC(C)C(=O)O)cccc1C(=O)c1ccc(Cl)cc1Cl. The van der Waals surface area contributed by atoms with Crippen LogP contribution in [0, 0.1) is 6.92 Å². The molecule has 4 nitrogen and oxygen atoms in total. The van der Waals surface area contributed by atoms with E-state index in [1.54, 1.807) is 37.3 Å². The molecule has 2 aromatic rings. The number of carboxylic acid groups (broad SMARTS) is 1. The summed E-state index contributed by atoms with van der Waals surface area (Å²) in [6.07, 6.45) is -1.02. The summed E-state index contributed by atoms with van der Waals surface area (Å²) in [7, 11) is 0. The second kappa shape index (κ2) is 7.02. The number of carbonyl (C=O) groups excluding carboxylic acids is 1. The Balaban J connectivity index is 2.40. The Hall–Kier alpha value is -2.04. The van der Waals surface area contributed by atoms with Crippen molar-refractivity contribution in [3.8, 4) is 5.75 Å². The number of carboxylic acids is 1. The number of ether oxygens (including phenoxy) is 1. The molecule has 1 unspecified atom stereocenters. The van der Waals surface area contributed by atoms with E-state index in [9.17, 15) is 9.59 Å². The largest absolute Gasteiger partial charge is 0.479 e. The van der Waals surface area contributed by atoms with Crippen LogP contribution in [0.2, 0.25) is 10.0 Å². The van der Waals surface area contributed by atoms with Crippen molar-refractivity contribution in [3.05, 3.63) is 63.1 Å². The van der Waals surface area contributed by atoms with Crippen molar-refractivity contribution >= 4 is 35.0 Å². The fraction of sp³-hybridized carbons (Fsp3) is 0.176. The quantitative estimate of drug-likeness (QED) is 0.810. The van der Waals surface area contributed by atoms with Gasteiger partial charge in [0.15, 0.2) is 11.9 Å². The molecule has 0 bridgehead atoms. The van der Waals surface area contributed by atoms with Crippen LogP contribution in [0.1, 0.15) is 28.4 Å². The van der Waals surface area contributed by atoms with Gasteiger partial charge in [0.25, 0.3) is 0 Å². The molecule has 2 aromatic carbocycles. The van der Waals surface area contributed by atoms with Crippen LogP contribution in [0.15, 0.2) is 36.4 Å². The third kappa shape index (κ3) is 3.84. The van der Waals surface area contributed by atoms with E-state index in [1.165, 1.54) is 13.0 Å². The van der Waals surface area contributed by atoms with Gasteiger partial charge in [0.05, 0.1) is 5.02 Å². The average molecular weight is 353 g/mol. The van der Waals surface area contributed by atoms with Gasteiger partial charge in [-0.1, -0.05) is 35.3 Å². The minimum absolute atomic E-state index is 0.257. The van der Waals surface area contributed by atoms with Crippen LogP contribution in [0.3, 0.4) is 0 Å². The van der Waals surface area contributed by atoms with Crippen molar-refractivity contribution < 1.29 is 19.4 Å². The summed E-state index contributed by atoms with van der Waals surface area (Å²) in [5, 5.41) is 9.63. The number of ketones is 1. The van der Waals surface area contributed by atoms with Gasteiger partial charge in [-0.05, 0) is 38.1 Å². The molecule has 23 heavy (non-hydrogen) atoms. The molecule has 120 valence electrons. The molecule has 0 radical (unpaired) electrons. The lowest BCUT2D eigenvalue weighted by Gasteiger charge is -2.15. The van der Waals surface area contributed by atoms with E-state index in [2.05, 4.69) is 0 Å². The minimum Gasteiger partial charge on any atom is -0.479 e. The molecule has 1 atom stereocenters. The molecular formula is C17H14Cl2O4. The Kier molecular flexibility index (Phi) is 5.29. The molecule has 0 heterocycles. The molecule has 1 N–H and O–H groups in total. The summed E-state index contributed by atoms with van der Waals surface area (Å²) >= 11 is 11.9. The highest BCUT2D eigenvalue weighted by Crippen LogP contribution is 2.28. The maximum atomic E-state index is 12.7. The van der Waals surface area contributed by atoms with Gasteiger partial charge in [0.2, 0.25) is 0 Å². The molecule has 0 amide bonds. The highest BCUT2D eigenvalue weighted by atomic mass is 35.5. The van der Waals surface area contributed by atoms with Gasteiger partial charge in [-0.2, -0.15) is 0 Å². The molecule has 0 aliphatic heterocycles. The van der Waals surface area contributed by atoms with E-state index in [1.807, 2.05) is 0 Å². The smallest absolute Gasteiger partial charge is 0.344 e. The fourth-order valence-corrected chi connectivity index (χ4v) is 2.54. The van der Waals surface area contributed by atoms with Crippen molar-refractivity contribution in [2.75, 3.05) is 0 Å². The first-order valence-corrected chi connectivity index (χ1v) is 7.55. The lowest BCUT2D eigenvalue weighted by molar-refractivity contribution is -0.144. The minimum atomic E-state index is -1.08. The predicted octanol–water partition coefficient (Wildman–Crippen LogP) is 4.38. The zero-order valence-corrected chi connectivity index (χ0v) is 14.0. The van der Waals surface area contributed by atoms with Crippen molar-refractivity contribution in [3.63, 3.8) is 0 Å². The summed E-state index contributed by atoms with van der Waals surface area (Å²) in [5.41, 5.74) is 1.27. The molecular weight excluding hydrogens is 339 g/mol. The predicted molar refractivity (Wildman–Crippen MR) is 88.8 cm³/mol. The molecule has 0 saturated heterocycles. The maximum absolute atomic E-state index is 12.7. The van der Waals surface area contributed by atoms with E-state index >= 15 is 0 Å². The normalized spacial score (nSPS) is 11.8. The zero-order chi connectivity index (χ0) is 17.1. The van der Waals surface area contributed by atoms with Gasteiger partial charge in [0.1, 0.15) is 5.75 Å². The second-order valence-electron chi connectivity index (χ2n) is 4.98. The molecule has 0 saturated carbocycles. The van der Waals surface area contributed by atoms with Crippen molar-refractivity contribution in [2.24, 2.45) is 0 Å². The Morgan fingerprint density at radius 1 is 1.13 bits per heavy atom. The lowest BCUT2D eigenvalue weighted by atomic mass is 9.98. The number of hydrogen-bond donors (Lipinski definition) is 1. The van der Waals surface area contributed by atoms with Crippen LogP contribution >= 0.6 is 23.2 Å². The van der Waals surface area contributed by atoms with Crippen molar-refractivity contribution in [1.29, 1.82) is 0 Å². The fourth-order valence-electron chi connectivity index (χ4n) is 2.05. The van der Waals surface area contributed by atoms with E-state index in [4.69, 9.17) is 33.0 Å².